The molecule has 0 atom stereocenters. The molecule has 4 nitrogen and oxygen atoms in total. The molecular weight excluding hydrogens is 319 g/mol. The van der Waals surface area contributed by atoms with E-state index in [2.05, 4.69) is 5.32 Å². The highest BCUT2D eigenvalue weighted by Crippen LogP contribution is 2.16. The Balaban J connectivity index is 1.76. The van der Waals surface area contributed by atoms with Crippen molar-refractivity contribution in [2.24, 2.45) is 0 Å². The van der Waals surface area contributed by atoms with Crippen LogP contribution in [0.4, 0.5) is 4.39 Å². The molecule has 3 aromatic rings. The lowest BCUT2D eigenvalue weighted by atomic mass is 10.1. The third kappa shape index (κ3) is 3.76. The molecule has 0 bridgehead atoms. The predicted octanol–water partition coefficient (Wildman–Crippen LogP) is 2.81. The standard InChI is InChI=1S/C20H19FN2O2/c1-14-12-18(24)16-8-5-9-17(21)20(16)23(14)13-19(25)22-11-10-15-6-3-2-4-7-15/h2-9,12H,10-11,13H2,1H3,(H,22,25). The van der Waals surface area contributed by atoms with Gasteiger partial charge in [-0.3, -0.25) is 9.59 Å². The summed E-state index contributed by atoms with van der Waals surface area (Å²) in [4.78, 5) is 24.3. The van der Waals surface area contributed by atoms with Gasteiger partial charge in [-0.2, -0.15) is 0 Å². The highest BCUT2D eigenvalue weighted by molar-refractivity contribution is 5.83. The summed E-state index contributed by atoms with van der Waals surface area (Å²) in [6, 6.07) is 15.7. The second-order valence-corrected chi connectivity index (χ2v) is 5.96. The van der Waals surface area contributed by atoms with Gasteiger partial charge in [0, 0.05) is 23.7 Å². The van der Waals surface area contributed by atoms with Crippen molar-refractivity contribution in [1.29, 1.82) is 0 Å². The van der Waals surface area contributed by atoms with E-state index in [9.17, 15) is 14.0 Å². The number of aryl methyl sites for hydroxylation is 1. The maximum Gasteiger partial charge on any atom is 0.239 e. The maximum absolute atomic E-state index is 14.2. The number of benzene rings is 2. The fraction of sp³-hybridized carbons (Fsp3) is 0.200. The van der Waals surface area contributed by atoms with Gasteiger partial charge in [0.2, 0.25) is 5.91 Å². The highest BCUT2D eigenvalue weighted by Gasteiger charge is 2.13. The number of nitrogens with one attached hydrogen (secondary N) is 1. The Bertz CT molecular complexity index is 965. The first-order valence-electron chi connectivity index (χ1n) is 8.15. The van der Waals surface area contributed by atoms with E-state index >= 15 is 0 Å². The summed E-state index contributed by atoms with van der Waals surface area (Å²) in [5.74, 6) is -0.720. The lowest BCUT2D eigenvalue weighted by molar-refractivity contribution is -0.121. The molecule has 0 aliphatic heterocycles. The quantitative estimate of drug-likeness (QED) is 0.778. The smallest absolute Gasteiger partial charge is 0.239 e. The van der Waals surface area contributed by atoms with Gasteiger partial charge in [-0.25, -0.2) is 4.39 Å². The summed E-state index contributed by atoms with van der Waals surface area (Å²) >= 11 is 0. The average molecular weight is 338 g/mol. The molecule has 3 rings (SSSR count). The van der Waals surface area contributed by atoms with Gasteiger partial charge in [0.05, 0.1) is 5.52 Å². The Morgan fingerprint density at radius 1 is 1.12 bits per heavy atom. The summed E-state index contributed by atoms with van der Waals surface area (Å²) in [5, 5.41) is 3.13. The van der Waals surface area contributed by atoms with Crippen molar-refractivity contribution in [3.05, 3.63) is 81.9 Å². The van der Waals surface area contributed by atoms with E-state index in [1.807, 2.05) is 30.3 Å². The number of nitrogens with zero attached hydrogens (tertiary/aromatic N) is 1. The van der Waals surface area contributed by atoms with Gasteiger partial charge in [0.25, 0.3) is 0 Å². The Kier molecular flexibility index (Phi) is 4.93. The number of fused-ring (bicyclic) bond motifs is 1. The minimum absolute atomic E-state index is 0.0294. The molecule has 1 N–H and O–H groups in total. The zero-order valence-corrected chi connectivity index (χ0v) is 14.0. The number of aromatic nitrogens is 1. The molecule has 128 valence electrons. The van der Waals surface area contributed by atoms with Crippen molar-refractivity contribution in [2.45, 2.75) is 19.9 Å². The van der Waals surface area contributed by atoms with Crippen LogP contribution >= 0.6 is 0 Å². The van der Waals surface area contributed by atoms with E-state index in [1.54, 1.807) is 17.6 Å². The van der Waals surface area contributed by atoms with E-state index in [1.165, 1.54) is 18.2 Å². The first-order valence-corrected chi connectivity index (χ1v) is 8.15. The minimum atomic E-state index is -0.504. The first kappa shape index (κ1) is 16.9. The topological polar surface area (TPSA) is 51.1 Å². The van der Waals surface area contributed by atoms with Gasteiger partial charge >= 0.3 is 0 Å². The van der Waals surface area contributed by atoms with Crippen LogP contribution in [0, 0.1) is 12.7 Å². The van der Waals surface area contributed by atoms with Crippen molar-refractivity contribution in [3.8, 4) is 0 Å². The number of pyridine rings is 1. The summed E-state index contributed by atoms with van der Waals surface area (Å²) in [5.41, 5.74) is 1.62. The van der Waals surface area contributed by atoms with Crippen molar-refractivity contribution >= 4 is 16.8 Å². The molecule has 5 heteroatoms. The fourth-order valence-corrected chi connectivity index (χ4v) is 2.90. The van der Waals surface area contributed by atoms with Crippen LogP contribution in [0.2, 0.25) is 0 Å². The predicted molar refractivity (Wildman–Crippen MR) is 96.1 cm³/mol. The molecule has 0 unspecified atom stereocenters. The summed E-state index contributed by atoms with van der Waals surface area (Å²) in [7, 11) is 0. The molecule has 2 aromatic carbocycles. The van der Waals surface area contributed by atoms with Gasteiger partial charge < -0.3 is 9.88 Å². The van der Waals surface area contributed by atoms with Crippen molar-refractivity contribution in [2.75, 3.05) is 6.54 Å². The Morgan fingerprint density at radius 3 is 2.64 bits per heavy atom. The van der Waals surface area contributed by atoms with Crippen LogP contribution in [0.1, 0.15) is 11.3 Å². The molecule has 1 aromatic heterocycles. The van der Waals surface area contributed by atoms with Crippen molar-refractivity contribution in [3.63, 3.8) is 0 Å². The Hall–Kier alpha value is -2.95. The molecule has 0 aliphatic carbocycles. The third-order valence-corrected chi connectivity index (χ3v) is 4.17. The van der Waals surface area contributed by atoms with Gasteiger partial charge in [-0.1, -0.05) is 36.4 Å². The SMILES string of the molecule is Cc1cc(=O)c2cccc(F)c2n1CC(=O)NCCc1ccccc1. The fourth-order valence-electron chi connectivity index (χ4n) is 2.90. The molecule has 1 amide bonds. The molecule has 0 saturated heterocycles. The highest BCUT2D eigenvalue weighted by atomic mass is 19.1. The zero-order valence-electron chi connectivity index (χ0n) is 14.0. The van der Waals surface area contributed by atoms with E-state index < -0.39 is 5.82 Å². The maximum atomic E-state index is 14.2. The molecule has 0 saturated carbocycles. The number of halogens is 1. The lowest BCUT2D eigenvalue weighted by Gasteiger charge is -2.15. The van der Waals surface area contributed by atoms with Crippen molar-refractivity contribution < 1.29 is 9.18 Å². The average Bonchev–Trinajstić information content (AvgIpc) is 2.60. The third-order valence-electron chi connectivity index (χ3n) is 4.17. The van der Waals surface area contributed by atoms with E-state index in [4.69, 9.17) is 0 Å². The molecule has 1 heterocycles. The van der Waals surface area contributed by atoms with Gasteiger partial charge in [-0.15, -0.1) is 0 Å². The first-order chi connectivity index (χ1) is 12.1. The van der Waals surface area contributed by atoms with Crippen LogP contribution in [-0.2, 0) is 17.8 Å². The number of hydrogen-bond donors (Lipinski definition) is 1. The number of carbonyl (C=O) groups is 1. The van der Waals surface area contributed by atoms with Gasteiger partial charge in [0.1, 0.15) is 12.4 Å². The molecule has 0 aliphatic rings. The number of hydrogen-bond acceptors (Lipinski definition) is 2. The van der Waals surface area contributed by atoms with Crippen LogP contribution in [0.15, 0.2) is 59.4 Å². The monoisotopic (exact) mass is 338 g/mol. The largest absolute Gasteiger partial charge is 0.354 e. The van der Waals surface area contributed by atoms with Crippen LogP contribution in [0.3, 0.4) is 0 Å². The van der Waals surface area contributed by atoms with Crippen molar-refractivity contribution in [1.82, 2.24) is 9.88 Å². The van der Waals surface area contributed by atoms with E-state index in [0.717, 1.165) is 12.0 Å². The minimum Gasteiger partial charge on any atom is -0.354 e. The van der Waals surface area contributed by atoms with Crippen LogP contribution < -0.4 is 10.7 Å². The summed E-state index contributed by atoms with van der Waals surface area (Å²) in [6.45, 7) is 2.17. The number of para-hydroxylation sites is 1. The van der Waals surface area contributed by atoms with Gasteiger partial charge in [0.15, 0.2) is 5.43 Å². The zero-order chi connectivity index (χ0) is 17.8. The second kappa shape index (κ2) is 7.30. The molecule has 0 spiro atoms. The summed E-state index contributed by atoms with van der Waals surface area (Å²) < 4.78 is 15.8. The molecule has 0 fully saturated rings. The normalized spacial score (nSPS) is 10.8. The van der Waals surface area contributed by atoms with E-state index in [-0.39, 0.29) is 28.8 Å². The number of rotatable bonds is 5. The number of carbonyl (C=O) groups excluding carboxylic acids is 1. The Morgan fingerprint density at radius 2 is 1.88 bits per heavy atom. The molecule has 0 radical (unpaired) electrons. The van der Waals surface area contributed by atoms with E-state index in [0.29, 0.717) is 12.2 Å². The summed E-state index contributed by atoms with van der Waals surface area (Å²) in [6.07, 6.45) is 0.727. The van der Waals surface area contributed by atoms with Crippen LogP contribution in [0.25, 0.3) is 10.9 Å². The second-order valence-electron chi connectivity index (χ2n) is 5.96. The lowest BCUT2D eigenvalue weighted by Crippen LogP contribution is -2.30. The van der Waals surface area contributed by atoms with Crippen LogP contribution in [-0.4, -0.2) is 17.0 Å². The molecule has 25 heavy (non-hydrogen) atoms. The van der Waals surface area contributed by atoms with Crippen LogP contribution in [0.5, 0.6) is 0 Å². The Labute approximate surface area is 144 Å². The molecular formula is C20H19FN2O2. The van der Waals surface area contributed by atoms with Gasteiger partial charge in [-0.05, 0) is 31.0 Å². The number of amides is 1.